The first kappa shape index (κ1) is 8.45. The molecule has 0 aliphatic heterocycles. The van der Waals surface area contributed by atoms with Crippen LogP contribution in [-0.4, -0.2) is 23.0 Å². The molecule has 1 rings (SSSR count). The standard InChI is InChI=1S/C7H9N3O2/c1-12-7-9-3-5(4-10-7)2-6(8)11/h3-4H,2H2,1H3,(H2,8,11). The predicted octanol–water partition coefficient (Wildman–Crippen LogP) is -0.487. The Hall–Kier alpha value is -1.65. The summed E-state index contributed by atoms with van der Waals surface area (Å²) in [5.74, 6) is -0.399. The Kier molecular flexibility index (Phi) is 2.57. The van der Waals surface area contributed by atoms with E-state index >= 15 is 0 Å². The molecule has 0 bridgehead atoms. The van der Waals surface area contributed by atoms with Crippen molar-refractivity contribution in [1.82, 2.24) is 9.97 Å². The number of hydrogen-bond donors (Lipinski definition) is 1. The molecule has 0 unspecified atom stereocenters. The van der Waals surface area contributed by atoms with Crippen molar-refractivity contribution in [3.8, 4) is 6.01 Å². The van der Waals surface area contributed by atoms with Gasteiger partial charge in [0.1, 0.15) is 0 Å². The van der Waals surface area contributed by atoms with Crippen LogP contribution in [0.3, 0.4) is 0 Å². The molecule has 5 nitrogen and oxygen atoms in total. The molecule has 0 spiro atoms. The lowest BCUT2D eigenvalue weighted by atomic mass is 10.2. The number of carbonyl (C=O) groups excluding carboxylic acids is 1. The van der Waals surface area contributed by atoms with Crippen molar-refractivity contribution in [3.05, 3.63) is 18.0 Å². The van der Waals surface area contributed by atoms with Crippen LogP contribution in [0.4, 0.5) is 0 Å². The third-order valence-electron chi connectivity index (χ3n) is 1.24. The molecule has 1 aromatic rings. The highest BCUT2D eigenvalue weighted by Gasteiger charge is 1.99. The first-order chi connectivity index (χ1) is 5.72. The minimum absolute atomic E-state index is 0.157. The number of rotatable bonds is 3. The van der Waals surface area contributed by atoms with Crippen molar-refractivity contribution < 1.29 is 9.53 Å². The summed E-state index contributed by atoms with van der Waals surface area (Å²) in [6.07, 6.45) is 3.18. The second kappa shape index (κ2) is 3.66. The average molecular weight is 167 g/mol. The van der Waals surface area contributed by atoms with E-state index in [4.69, 9.17) is 10.5 Å². The quantitative estimate of drug-likeness (QED) is 0.659. The van der Waals surface area contributed by atoms with Crippen LogP contribution >= 0.6 is 0 Å². The smallest absolute Gasteiger partial charge is 0.316 e. The molecule has 0 saturated carbocycles. The van der Waals surface area contributed by atoms with Gasteiger partial charge in [0.15, 0.2) is 0 Å². The van der Waals surface area contributed by atoms with Gasteiger partial charge in [0, 0.05) is 12.4 Å². The van der Waals surface area contributed by atoms with E-state index in [0.717, 1.165) is 0 Å². The van der Waals surface area contributed by atoms with Crippen LogP contribution in [0.1, 0.15) is 5.56 Å². The Bertz CT molecular complexity index is 270. The van der Waals surface area contributed by atoms with E-state index in [-0.39, 0.29) is 12.4 Å². The third-order valence-corrected chi connectivity index (χ3v) is 1.24. The van der Waals surface area contributed by atoms with Crippen molar-refractivity contribution in [2.24, 2.45) is 5.73 Å². The Balaban J connectivity index is 2.71. The average Bonchev–Trinajstić information content (AvgIpc) is 2.05. The summed E-state index contributed by atoms with van der Waals surface area (Å²) >= 11 is 0. The maximum Gasteiger partial charge on any atom is 0.316 e. The maximum atomic E-state index is 10.5. The Labute approximate surface area is 69.6 Å². The molecule has 2 N–H and O–H groups in total. The fourth-order valence-corrected chi connectivity index (χ4v) is 0.741. The molecule has 1 aromatic heterocycles. The van der Waals surface area contributed by atoms with Gasteiger partial charge in [-0.15, -0.1) is 0 Å². The highest BCUT2D eigenvalue weighted by Crippen LogP contribution is 2.01. The number of carbonyl (C=O) groups is 1. The van der Waals surface area contributed by atoms with Gasteiger partial charge in [0.25, 0.3) is 0 Å². The molecular formula is C7H9N3O2. The Morgan fingerprint density at radius 3 is 2.58 bits per heavy atom. The summed E-state index contributed by atoms with van der Waals surface area (Å²) in [5, 5.41) is 0. The van der Waals surface area contributed by atoms with Crippen molar-refractivity contribution in [2.75, 3.05) is 7.11 Å². The minimum Gasteiger partial charge on any atom is -0.467 e. The van der Waals surface area contributed by atoms with E-state index in [1.165, 1.54) is 19.5 Å². The molecule has 0 saturated heterocycles. The second-order valence-electron chi connectivity index (χ2n) is 2.22. The monoisotopic (exact) mass is 167 g/mol. The molecule has 1 amide bonds. The molecule has 0 fully saturated rings. The van der Waals surface area contributed by atoms with Gasteiger partial charge in [0.05, 0.1) is 13.5 Å². The molecule has 0 aliphatic carbocycles. The van der Waals surface area contributed by atoms with E-state index < -0.39 is 5.91 Å². The van der Waals surface area contributed by atoms with Crippen LogP contribution in [0.5, 0.6) is 6.01 Å². The molecule has 12 heavy (non-hydrogen) atoms. The van der Waals surface area contributed by atoms with Crippen LogP contribution in [0, 0.1) is 0 Å². The summed E-state index contributed by atoms with van der Waals surface area (Å²) in [6.45, 7) is 0. The summed E-state index contributed by atoms with van der Waals surface area (Å²) in [4.78, 5) is 18.1. The van der Waals surface area contributed by atoms with E-state index in [1.54, 1.807) is 0 Å². The molecular weight excluding hydrogens is 158 g/mol. The SMILES string of the molecule is COc1ncc(CC(N)=O)cn1. The zero-order valence-corrected chi connectivity index (χ0v) is 6.65. The third kappa shape index (κ3) is 2.19. The number of aromatic nitrogens is 2. The van der Waals surface area contributed by atoms with Crippen molar-refractivity contribution in [2.45, 2.75) is 6.42 Å². The molecule has 5 heteroatoms. The normalized spacial score (nSPS) is 9.42. The van der Waals surface area contributed by atoms with Crippen LogP contribution in [0.2, 0.25) is 0 Å². The molecule has 0 aromatic carbocycles. The van der Waals surface area contributed by atoms with Gasteiger partial charge < -0.3 is 10.5 Å². The van der Waals surface area contributed by atoms with Crippen LogP contribution in [0.15, 0.2) is 12.4 Å². The fourth-order valence-electron chi connectivity index (χ4n) is 0.741. The van der Waals surface area contributed by atoms with E-state index in [0.29, 0.717) is 5.56 Å². The molecule has 0 aliphatic rings. The summed E-state index contributed by atoms with van der Waals surface area (Å²) in [6, 6.07) is 0.281. The number of amides is 1. The zero-order valence-electron chi connectivity index (χ0n) is 6.65. The number of primary amides is 1. The van der Waals surface area contributed by atoms with Gasteiger partial charge in [-0.2, -0.15) is 0 Å². The summed E-state index contributed by atoms with van der Waals surface area (Å²) < 4.78 is 4.74. The van der Waals surface area contributed by atoms with Gasteiger partial charge >= 0.3 is 6.01 Å². The number of methoxy groups -OCH3 is 1. The van der Waals surface area contributed by atoms with Gasteiger partial charge in [-0.25, -0.2) is 9.97 Å². The van der Waals surface area contributed by atoms with E-state index in [9.17, 15) is 4.79 Å². The molecule has 0 radical (unpaired) electrons. The van der Waals surface area contributed by atoms with Gasteiger partial charge in [0.2, 0.25) is 5.91 Å². The van der Waals surface area contributed by atoms with E-state index in [2.05, 4.69) is 9.97 Å². The van der Waals surface area contributed by atoms with Crippen molar-refractivity contribution in [1.29, 1.82) is 0 Å². The number of nitrogens with zero attached hydrogens (tertiary/aromatic N) is 2. The zero-order chi connectivity index (χ0) is 8.97. The van der Waals surface area contributed by atoms with Gasteiger partial charge in [-0.3, -0.25) is 4.79 Å². The van der Waals surface area contributed by atoms with Gasteiger partial charge in [-0.05, 0) is 5.56 Å². The topological polar surface area (TPSA) is 78.1 Å². The van der Waals surface area contributed by atoms with Crippen molar-refractivity contribution in [3.63, 3.8) is 0 Å². The highest BCUT2D eigenvalue weighted by atomic mass is 16.5. The fraction of sp³-hybridized carbons (Fsp3) is 0.286. The highest BCUT2D eigenvalue weighted by molar-refractivity contribution is 5.76. The first-order valence-corrected chi connectivity index (χ1v) is 3.35. The summed E-state index contributed by atoms with van der Waals surface area (Å²) in [5.41, 5.74) is 5.65. The second-order valence-corrected chi connectivity index (χ2v) is 2.22. The number of ether oxygens (including phenoxy) is 1. The lowest BCUT2D eigenvalue weighted by Crippen LogP contribution is -2.13. The molecule has 0 atom stereocenters. The molecule has 64 valence electrons. The number of nitrogens with two attached hydrogens (primary N) is 1. The van der Waals surface area contributed by atoms with Crippen molar-refractivity contribution >= 4 is 5.91 Å². The minimum atomic E-state index is -0.399. The van der Waals surface area contributed by atoms with Crippen LogP contribution < -0.4 is 10.5 Å². The first-order valence-electron chi connectivity index (χ1n) is 3.35. The lowest BCUT2D eigenvalue weighted by molar-refractivity contribution is -0.117. The van der Waals surface area contributed by atoms with Crippen LogP contribution in [0.25, 0.3) is 0 Å². The Morgan fingerprint density at radius 1 is 1.58 bits per heavy atom. The predicted molar refractivity (Wildman–Crippen MR) is 41.5 cm³/mol. The largest absolute Gasteiger partial charge is 0.467 e. The molecule has 1 heterocycles. The maximum absolute atomic E-state index is 10.5. The summed E-state index contributed by atoms with van der Waals surface area (Å²) in [7, 11) is 1.48. The van der Waals surface area contributed by atoms with E-state index in [1.807, 2.05) is 0 Å². The number of hydrogen-bond acceptors (Lipinski definition) is 4. The van der Waals surface area contributed by atoms with Gasteiger partial charge in [-0.1, -0.05) is 0 Å². The lowest BCUT2D eigenvalue weighted by Gasteiger charge is -1.98. The Morgan fingerprint density at radius 2 is 2.17 bits per heavy atom. The van der Waals surface area contributed by atoms with Crippen LogP contribution in [-0.2, 0) is 11.2 Å².